The smallest absolute Gasteiger partial charge is 0.313 e. The first-order valence-electron chi connectivity index (χ1n) is 7.12. The fourth-order valence-corrected chi connectivity index (χ4v) is 3.00. The number of ether oxygens (including phenoxy) is 1. The molecule has 0 amide bonds. The van der Waals surface area contributed by atoms with Crippen LogP contribution in [0.15, 0.2) is 24.3 Å². The van der Waals surface area contributed by atoms with Gasteiger partial charge in [-0.25, -0.2) is 0 Å². The molecule has 0 spiro atoms. The van der Waals surface area contributed by atoms with Crippen molar-refractivity contribution in [2.24, 2.45) is 11.1 Å². The molecule has 1 aliphatic rings. The standard InChI is InChI=1S/C16H24N2O2/c1-16(2,15(19)20-3)11-18-10-12(8-9-17)13-6-4-5-7-14(13)18/h4-7,12H,8-11,17H2,1-3H3. The van der Waals surface area contributed by atoms with Crippen molar-refractivity contribution in [3.63, 3.8) is 0 Å². The van der Waals surface area contributed by atoms with Crippen LogP contribution in [-0.2, 0) is 9.53 Å². The van der Waals surface area contributed by atoms with E-state index in [1.165, 1.54) is 18.4 Å². The van der Waals surface area contributed by atoms with Crippen LogP contribution in [0.4, 0.5) is 5.69 Å². The predicted octanol–water partition coefficient (Wildman–Crippen LogP) is 2.14. The lowest BCUT2D eigenvalue weighted by Gasteiger charge is -2.29. The number of benzene rings is 1. The largest absolute Gasteiger partial charge is 0.469 e. The van der Waals surface area contributed by atoms with Crippen molar-refractivity contribution in [1.29, 1.82) is 0 Å². The number of rotatable bonds is 5. The van der Waals surface area contributed by atoms with Crippen LogP contribution >= 0.6 is 0 Å². The van der Waals surface area contributed by atoms with Gasteiger partial charge < -0.3 is 15.4 Å². The van der Waals surface area contributed by atoms with E-state index >= 15 is 0 Å². The molecule has 0 saturated heterocycles. The van der Waals surface area contributed by atoms with Gasteiger partial charge in [-0.1, -0.05) is 18.2 Å². The number of nitrogens with zero attached hydrogens (tertiary/aromatic N) is 1. The van der Waals surface area contributed by atoms with Crippen molar-refractivity contribution < 1.29 is 9.53 Å². The number of hydrogen-bond donors (Lipinski definition) is 1. The van der Waals surface area contributed by atoms with E-state index in [0.717, 1.165) is 13.0 Å². The molecule has 2 rings (SSSR count). The second kappa shape index (κ2) is 5.83. The first-order chi connectivity index (χ1) is 9.49. The maximum absolute atomic E-state index is 11.9. The number of nitrogens with two attached hydrogens (primary N) is 1. The van der Waals surface area contributed by atoms with Gasteiger partial charge in [0, 0.05) is 24.7 Å². The Labute approximate surface area is 120 Å². The van der Waals surface area contributed by atoms with Crippen LogP contribution in [0, 0.1) is 5.41 Å². The number of methoxy groups -OCH3 is 1. The molecule has 4 heteroatoms. The molecule has 0 saturated carbocycles. The van der Waals surface area contributed by atoms with Gasteiger partial charge in [0.25, 0.3) is 0 Å². The molecule has 0 aliphatic carbocycles. The molecule has 0 radical (unpaired) electrons. The van der Waals surface area contributed by atoms with Gasteiger partial charge in [-0.15, -0.1) is 0 Å². The number of carbonyl (C=O) groups is 1. The van der Waals surface area contributed by atoms with Crippen LogP contribution < -0.4 is 10.6 Å². The van der Waals surface area contributed by atoms with Gasteiger partial charge in [0.05, 0.1) is 12.5 Å². The Kier molecular flexibility index (Phi) is 4.33. The SMILES string of the molecule is COC(=O)C(C)(C)CN1CC(CCN)c2ccccc21. The summed E-state index contributed by atoms with van der Waals surface area (Å²) >= 11 is 0. The van der Waals surface area contributed by atoms with E-state index in [1.807, 2.05) is 19.9 Å². The lowest BCUT2D eigenvalue weighted by atomic mass is 9.93. The van der Waals surface area contributed by atoms with E-state index in [1.54, 1.807) is 0 Å². The van der Waals surface area contributed by atoms with Gasteiger partial charge in [-0.3, -0.25) is 4.79 Å². The Balaban J connectivity index is 2.20. The van der Waals surface area contributed by atoms with Crippen LogP contribution in [0.3, 0.4) is 0 Å². The Morgan fingerprint density at radius 2 is 2.15 bits per heavy atom. The summed E-state index contributed by atoms with van der Waals surface area (Å²) in [5, 5.41) is 0. The zero-order chi connectivity index (χ0) is 14.8. The molecule has 1 unspecified atom stereocenters. The fourth-order valence-electron chi connectivity index (χ4n) is 3.00. The molecule has 1 aliphatic heterocycles. The molecule has 1 atom stereocenters. The summed E-state index contributed by atoms with van der Waals surface area (Å²) < 4.78 is 4.90. The molecule has 1 heterocycles. The summed E-state index contributed by atoms with van der Waals surface area (Å²) in [5.41, 5.74) is 7.77. The minimum Gasteiger partial charge on any atom is -0.469 e. The highest BCUT2D eigenvalue weighted by atomic mass is 16.5. The van der Waals surface area contributed by atoms with Crippen LogP contribution in [0.1, 0.15) is 31.7 Å². The van der Waals surface area contributed by atoms with E-state index in [-0.39, 0.29) is 5.97 Å². The molecule has 20 heavy (non-hydrogen) atoms. The third-order valence-electron chi connectivity index (χ3n) is 4.00. The zero-order valence-electron chi connectivity index (χ0n) is 12.6. The second-order valence-corrected chi connectivity index (χ2v) is 6.09. The van der Waals surface area contributed by atoms with Gasteiger partial charge in [0.1, 0.15) is 0 Å². The van der Waals surface area contributed by atoms with Gasteiger partial charge >= 0.3 is 5.97 Å². The molecule has 0 bridgehead atoms. The van der Waals surface area contributed by atoms with Crippen molar-refractivity contribution in [1.82, 2.24) is 0 Å². The molecule has 0 fully saturated rings. The second-order valence-electron chi connectivity index (χ2n) is 6.09. The monoisotopic (exact) mass is 276 g/mol. The average Bonchev–Trinajstić information content (AvgIpc) is 2.76. The summed E-state index contributed by atoms with van der Waals surface area (Å²) in [6, 6.07) is 8.40. The highest BCUT2D eigenvalue weighted by Gasteiger charge is 2.35. The van der Waals surface area contributed by atoms with Gasteiger partial charge in [-0.2, -0.15) is 0 Å². The number of fused-ring (bicyclic) bond motifs is 1. The zero-order valence-corrected chi connectivity index (χ0v) is 12.6. The number of anilines is 1. The molecule has 1 aromatic rings. The minimum absolute atomic E-state index is 0.169. The predicted molar refractivity (Wildman–Crippen MR) is 80.9 cm³/mol. The maximum Gasteiger partial charge on any atom is 0.313 e. The lowest BCUT2D eigenvalue weighted by Crippen LogP contribution is -2.39. The highest BCUT2D eigenvalue weighted by Crippen LogP contribution is 2.39. The van der Waals surface area contributed by atoms with Crippen molar-refractivity contribution in [2.45, 2.75) is 26.2 Å². The number of hydrogen-bond acceptors (Lipinski definition) is 4. The van der Waals surface area contributed by atoms with Crippen LogP contribution in [0.5, 0.6) is 0 Å². The van der Waals surface area contributed by atoms with Crippen molar-refractivity contribution in [3.05, 3.63) is 29.8 Å². The number of para-hydroxylation sites is 1. The third kappa shape index (κ3) is 2.80. The topological polar surface area (TPSA) is 55.6 Å². The van der Waals surface area contributed by atoms with Gasteiger partial charge in [0.15, 0.2) is 0 Å². The molecule has 1 aromatic carbocycles. The van der Waals surface area contributed by atoms with Crippen molar-refractivity contribution >= 4 is 11.7 Å². The summed E-state index contributed by atoms with van der Waals surface area (Å²) in [7, 11) is 1.44. The van der Waals surface area contributed by atoms with Gasteiger partial charge in [-0.05, 0) is 38.4 Å². The highest BCUT2D eigenvalue weighted by molar-refractivity contribution is 5.77. The average molecular weight is 276 g/mol. The maximum atomic E-state index is 11.9. The molecular weight excluding hydrogens is 252 g/mol. The van der Waals surface area contributed by atoms with Crippen molar-refractivity contribution in [2.75, 3.05) is 31.6 Å². The van der Waals surface area contributed by atoms with Crippen LogP contribution in [0.2, 0.25) is 0 Å². The molecule has 110 valence electrons. The Morgan fingerprint density at radius 1 is 1.45 bits per heavy atom. The first kappa shape index (κ1) is 14.9. The fraction of sp³-hybridized carbons (Fsp3) is 0.562. The first-order valence-corrected chi connectivity index (χ1v) is 7.12. The molecular formula is C16H24N2O2. The molecule has 0 aromatic heterocycles. The lowest BCUT2D eigenvalue weighted by molar-refractivity contribution is -0.150. The Morgan fingerprint density at radius 3 is 2.80 bits per heavy atom. The van der Waals surface area contributed by atoms with E-state index in [4.69, 9.17) is 10.5 Å². The molecule has 2 N–H and O–H groups in total. The Hall–Kier alpha value is -1.55. The Bertz CT molecular complexity index is 485. The minimum atomic E-state index is -0.514. The number of esters is 1. The van der Waals surface area contributed by atoms with E-state index in [0.29, 0.717) is 19.0 Å². The van der Waals surface area contributed by atoms with Crippen molar-refractivity contribution in [3.8, 4) is 0 Å². The van der Waals surface area contributed by atoms with Crippen LogP contribution in [0.25, 0.3) is 0 Å². The van der Waals surface area contributed by atoms with E-state index in [9.17, 15) is 4.79 Å². The summed E-state index contributed by atoms with van der Waals surface area (Å²) in [4.78, 5) is 14.2. The normalized spacial score (nSPS) is 18.0. The summed E-state index contributed by atoms with van der Waals surface area (Å²) in [6.45, 7) is 6.14. The van der Waals surface area contributed by atoms with E-state index < -0.39 is 5.41 Å². The quantitative estimate of drug-likeness (QED) is 0.837. The van der Waals surface area contributed by atoms with E-state index in [2.05, 4.69) is 23.1 Å². The van der Waals surface area contributed by atoms with Crippen LogP contribution in [-0.4, -0.2) is 32.7 Å². The van der Waals surface area contributed by atoms with Gasteiger partial charge in [0.2, 0.25) is 0 Å². The summed E-state index contributed by atoms with van der Waals surface area (Å²) in [5.74, 6) is 0.293. The third-order valence-corrected chi connectivity index (χ3v) is 4.00. The molecule has 4 nitrogen and oxygen atoms in total. The number of carbonyl (C=O) groups excluding carboxylic acids is 1. The summed E-state index contributed by atoms with van der Waals surface area (Å²) in [6.07, 6.45) is 0.978.